The first-order valence-electron chi connectivity index (χ1n) is 7.75. The lowest BCUT2D eigenvalue weighted by Crippen LogP contribution is -2.13. The van der Waals surface area contributed by atoms with Crippen molar-refractivity contribution in [3.05, 3.63) is 56.5 Å². The number of carbonyl (C=O) groups is 1. The van der Waals surface area contributed by atoms with Gasteiger partial charge in [-0.1, -0.05) is 34.8 Å². The van der Waals surface area contributed by atoms with Gasteiger partial charge in [-0.2, -0.15) is 0 Å². The van der Waals surface area contributed by atoms with Crippen LogP contribution in [0.25, 0.3) is 0 Å². The predicted octanol–water partition coefficient (Wildman–Crippen LogP) is 5.83. The van der Waals surface area contributed by atoms with Gasteiger partial charge in [0.15, 0.2) is 0 Å². The van der Waals surface area contributed by atoms with Crippen molar-refractivity contribution in [1.82, 2.24) is 0 Å². The number of rotatable bonds is 7. The van der Waals surface area contributed by atoms with E-state index in [2.05, 4.69) is 5.32 Å². The Kier molecular flexibility index (Phi) is 7.38. The fraction of sp³-hybridized carbons (Fsp3) is 0.278. The molecule has 0 spiro atoms. The molecular weight excluding hydrogens is 385 g/mol. The fourth-order valence-electron chi connectivity index (χ4n) is 2.15. The molecule has 2 rings (SSSR count). The number of amides is 1. The highest BCUT2D eigenvalue weighted by molar-refractivity contribution is 6.44. The van der Waals surface area contributed by atoms with Crippen LogP contribution >= 0.6 is 34.8 Å². The van der Waals surface area contributed by atoms with E-state index in [1.807, 2.05) is 13.8 Å². The zero-order valence-electron chi connectivity index (χ0n) is 13.9. The number of hydrogen-bond donors (Lipinski definition) is 1. The van der Waals surface area contributed by atoms with Gasteiger partial charge in [-0.15, -0.1) is 0 Å². The molecule has 0 radical (unpaired) electrons. The lowest BCUT2D eigenvalue weighted by Gasteiger charge is -2.13. The smallest absolute Gasteiger partial charge is 0.255 e. The summed E-state index contributed by atoms with van der Waals surface area (Å²) in [7, 11) is 0. The Morgan fingerprint density at radius 3 is 2.40 bits per heavy atom. The molecule has 0 aliphatic heterocycles. The largest absolute Gasteiger partial charge is 0.494 e. The number of anilines is 1. The van der Waals surface area contributed by atoms with Gasteiger partial charge < -0.3 is 14.8 Å². The first-order chi connectivity index (χ1) is 12.0. The van der Waals surface area contributed by atoms with E-state index < -0.39 is 0 Å². The molecule has 2 aromatic rings. The van der Waals surface area contributed by atoms with E-state index in [0.29, 0.717) is 51.9 Å². The summed E-state index contributed by atoms with van der Waals surface area (Å²) >= 11 is 18.0. The molecule has 25 heavy (non-hydrogen) atoms. The molecule has 0 saturated heterocycles. The van der Waals surface area contributed by atoms with Gasteiger partial charge >= 0.3 is 0 Å². The van der Waals surface area contributed by atoms with Crippen LogP contribution in [0.5, 0.6) is 5.75 Å². The van der Waals surface area contributed by atoms with Crippen LogP contribution in [0.3, 0.4) is 0 Å². The number of carbonyl (C=O) groups excluding carboxylic acids is 1. The molecule has 0 heterocycles. The molecule has 0 bridgehead atoms. The second-order valence-electron chi connectivity index (χ2n) is 5.09. The lowest BCUT2D eigenvalue weighted by molar-refractivity contribution is 0.102. The molecule has 0 aliphatic rings. The van der Waals surface area contributed by atoms with Crippen molar-refractivity contribution in [1.29, 1.82) is 0 Å². The minimum absolute atomic E-state index is 0.309. The van der Waals surface area contributed by atoms with Crippen molar-refractivity contribution in [2.45, 2.75) is 20.5 Å². The van der Waals surface area contributed by atoms with Crippen LogP contribution in [-0.4, -0.2) is 19.1 Å². The maximum Gasteiger partial charge on any atom is 0.255 e. The Labute approximate surface area is 162 Å². The molecule has 2 aromatic carbocycles. The van der Waals surface area contributed by atoms with Crippen LogP contribution in [-0.2, 0) is 11.3 Å². The summed E-state index contributed by atoms with van der Waals surface area (Å²) in [6.45, 7) is 5.27. The van der Waals surface area contributed by atoms with Gasteiger partial charge in [0.1, 0.15) is 5.75 Å². The SMILES string of the molecule is CCOCc1cc(C(=O)Nc2cc(Cl)c(Cl)cc2Cl)ccc1OCC. The van der Waals surface area contributed by atoms with E-state index in [1.165, 1.54) is 12.1 Å². The fourth-order valence-corrected chi connectivity index (χ4v) is 2.75. The van der Waals surface area contributed by atoms with Gasteiger partial charge in [0, 0.05) is 17.7 Å². The quantitative estimate of drug-likeness (QED) is 0.592. The lowest BCUT2D eigenvalue weighted by atomic mass is 10.1. The molecule has 4 nitrogen and oxygen atoms in total. The van der Waals surface area contributed by atoms with E-state index in [4.69, 9.17) is 44.3 Å². The van der Waals surface area contributed by atoms with Crippen LogP contribution in [0.1, 0.15) is 29.8 Å². The average molecular weight is 403 g/mol. The van der Waals surface area contributed by atoms with Crippen LogP contribution in [0.2, 0.25) is 15.1 Å². The van der Waals surface area contributed by atoms with Crippen molar-refractivity contribution in [3.8, 4) is 5.75 Å². The van der Waals surface area contributed by atoms with Crippen molar-refractivity contribution < 1.29 is 14.3 Å². The van der Waals surface area contributed by atoms with E-state index in [-0.39, 0.29) is 5.91 Å². The normalized spacial score (nSPS) is 10.6. The highest BCUT2D eigenvalue weighted by Crippen LogP contribution is 2.32. The van der Waals surface area contributed by atoms with Crippen LogP contribution in [0, 0.1) is 0 Å². The second-order valence-corrected chi connectivity index (χ2v) is 6.31. The molecule has 0 aromatic heterocycles. The first kappa shape index (κ1) is 19.9. The van der Waals surface area contributed by atoms with Gasteiger partial charge in [0.25, 0.3) is 5.91 Å². The highest BCUT2D eigenvalue weighted by Gasteiger charge is 2.14. The Morgan fingerprint density at radius 1 is 1.00 bits per heavy atom. The van der Waals surface area contributed by atoms with Crippen LogP contribution in [0.4, 0.5) is 5.69 Å². The summed E-state index contributed by atoms with van der Waals surface area (Å²) in [4.78, 5) is 12.5. The molecular formula is C18H18Cl3NO3. The summed E-state index contributed by atoms with van der Waals surface area (Å²) in [5.41, 5.74) is 1.65. The van der Waals surface area contributed by atoms with Gasteiger partial charge in [0.2, 0.25) is 0 Å². The van der Waals surface area contributed by atoms with E-state index in [9.17, 15) is 4.79 Å². The third-order valence-electron chi connectivity index (χ3n) is 3.34. The van der Waals surface area contributed by atoms with Crippen LogP contribution in [0.15, 0.2) is 30.3 Å². The van der Waals surface area contributed by atoms with Crippen molar-refractivity contribution in [2.75, 3.05) is 18.5 Å². The van der Waals surface area contributed by atoms with E-state index >= 15 is 0 Å². The minimum Gasteiger partial charge on any atom is -0.494 e. The average Bonchev–Trinajstić information content (AvgIpc) is 2.59. The van der Waals surface area contributed by atoms with Gasteiger partial charge in [-0.25, -0.2) is 0 Å². The molecule has 134 valence electrons. The summed E-state index contributed by atoms with van der Waals surface area (Å²) in [5, 5.41) is 3.68. The molecule has 7 heteroatoms. The Hall–Kier alpha value is -1.46. The standard InChI is InChI=1S/C18H18Cl3NO3/c1-3-24-10-12-7-11(5-6-17(12)25-4-2)18(23)22-16-9-14(20)13(19)8-15(16)21/h5-9H,3-4,10H2,1-2H3,(H,22,23). The van der Waals surface area contributed by atoms with Crippen LogP contribution < -0.4 is 10.1 Å². The topological polar surface area (TPSA) is 47.6 Å². The molecule has 1 N–H and O–H groups in total. The highest BCUT2D eigenvalue weighted by atomic mass is 35.5. The first-order valence-corrected chi connectivity index (χ1v) is 8.89. The third kappa shape index (κ3) is 5.25. The van der Waals surface area contributed by atoms with Crippen molar-refractivity contribution in [2.24, 2.45) is 0 Å². The van der Waals surface area contributed by atoms with E-state index in [0.717, 1.165) is 5.56 Å². The van der Waals surface area contributed by atoms with Gasteiger partial charge in [0.05, 0.1) is 34.0 Å². The Bertz CT molecular complexity index is 765. The molecule has 0 fully saturated rings. The number of ether oxygens (including phenoxy) is 2. The molecule has 0 aliphatic carbocycles. The minimum atomic E-state index is -0.318. The summed E-state index contributed by atoms with van der Waals surface area (Å²) in [5.74, 6) is 0.376. The van der Waals surface area contributed by atoms with E-state index in [1.54, 1.807) is 18.2 Å². The van der Waals surface area contributed by atoms with Gasteiger partial charge in [-0.3, -0.25) is 4.79 Å². The zero-order valence-corrected chi connectivity index (χ0v) is 16.1. The monoisotopic (exact) mass is 401 g/mol. The number of halogens is 3. The molecule has 0 atom stereocenters. The molecule has 0 unspecified atom stereocenters. The Balaban J connectivity index is 2.25. The summed E-state index contributed by atoms with van der Waals surface area (Å²) < 4.78 is 11.0. The molecule has 0 saturated carbocycles. The van der Waals surface area contributed by atoms with Gasteiger partial charge in [-0.05, 0) is 44.2 Å². The second kappa shape index (κ2) is 9.30. The summed E-state index contributed by atoms with van der Waals surface area (Å²) in [6, 6.07) is 8.17. The molecule has 1 amide bonds. The number of nitrogens with one attached hydrogen (secondary N) is 1. The van der Waals surface area contributed by atoms with Crippen molar-refractivity contribution in [3.63, 3.8) is 0 Å². The van der Waals surface area contributed by atoms with Crippen molar-refractivity contribution >= 4 is 46.4 Å². The zero-order chi connectivity index (χ0) is 18.4. The maximum absolute atomic E-state index is 12.5. The maximum atomic E-state index is 12.5. The number of hydrogen-bond acceptors (Lipinski definition) is 3. The third-order valence-corrected chi connectivity index (χ3v) is 4.38. The Morgan fingerprint density at radius 2 is 1.72 bits per heavy atom. The predicted molar refractivity (Wildman–Crippen MR) is 102 cm³/mol. The number of benzene rings is 2. The summed E-state index contributed by atoms with van der Waals surface area (Å²) in [6.07, 6.45) is 0.